The Bertz CT molecular complexity index is 797. The molecule has 0 spiro atoms. The van der Waals surface area contributed by atoms with E-state index in [1.165, 1.54) is 79.7 Å². The Labute approximate surface area is 200 Å². The van der Waals surface area contributed by atoms with Crippen LogP contribution in [0, 0.1) is 17.8 Å². The minimum absolute atomic E-state index is 0.209. The molecule has 1 atom stereocenters. The molecular formula is C30H45FO2. The van der Waals surface area contributed by atoms with Crippen LogP contribution in [-0.2, 0) is 17.6 Å². The summed E-state index contributed by atoms with van der Waals surface area (Å²) < 4.78 is 17.5. The lowest BCUT2D eigenvalue weighted by Crippen LogP contribution is -2.16. The number of fused-ring (bicyclic) bond motifs is 1. The predicted molar refractivity (Wildman–Crippen MR) is 138 cm³/mol. The minimum atomic E-state index is -0.209. The second-order valence-electron chi connectivity index (χ2n) is 10.4. The SMILES string of the molecule is COCC(CO)CCCCC1CCC(CCc2ccc3cc(CCCCF)ccc3c2)CC1. The summed E-state index contributed by atoms with van der Waals surface area (Å²) in [4.78, 5) is 0. The Hall–Kier alpha value is -1.45. The fourth-order valence-corrected chi connectivity index (χ4v) is 5.59. The zero-order chi connectivity index (χ0) is 23.3. The molecule has 0 heterocycles. The van der Waals surface area contributed by atoms with E-state index in [1.807, 2.05) is 0 Å². The average Bonchev–Trinajstić information content (AvgIpc) is 2.85. The van der Waals surface area contributed by atoms with Crippen molar-refractivity contribution >= 4 is 10.8 Å². The van der Waals surface area contributed by atoms with E-state index in [9.17, 15) is 9.50 Å². The van der Waals surface area contributed by atoms with Crippen molar-refractivity contribution in [1.82, 2.24) is 0 Å². The van der Waals surface area contributed by atoms with Gasteiger partial charge in [-0.3, -0.25) is 4.39 Å². The number of rotatable bonds is 15. The second kappa shape index (κ2) is 14.7. The summed E-state index contributed by atoms with van der Waals surface area (Å²) in [7, 11) is 1.72. The first kappa shape index (κ1) is 26.2. The van der Waals surface area contributed by atoms with Gasteiger partial charge in [-0.1, -0.05) is 81.3 Å². The number of aryl methyl sites for hydroxylation is 2. The second-order valence-corrected chi connectivity index (χ2v) is 10.4. The topological polar surface area (TPSA) is 29.5 Å². The number of hydrogen-bond acceptors (Lipinski definition) is 2. The first-order valence-electron chi connectivity index (χ1n) is 13.4. The van der Waals surface area contributed by atoms with Crippen LogP contribution >= 0.6 is 0 Å². The van der Waals surface area contributed by atoms with Crippen molar-refractivity contribution in [3.63, 3.8) is 0 Å². The van der Waals surface area contributed by atoms with Crippen molar-refractivity contribution in [3.05, 3.63) is 47.5 Å². The lowest BCUT2D eigenvalue weighted by molar-refractivity contribution is 0.103. The maximum atomic E-state index is 12.3. The number of aliphatic hydroxyl groups excluding tert-OH is 1. The van der Waals surface area contributed by atoms with Crippen LogP contribution in [0.4, 0.5) is 4.39 Å². The molecule has 1 aliphatic carbocycles. The van der Waals surface area contributed by atoms with Gasteiger partial charge in [0.05, 0.1) is 13.3 Å². The lowest BCUT2D eigenvalue weighted by Gasteiger charge is -2.28. The molecule has 1 saturated carbocycles. The summed E-state index contributed by atoms with van der Waals surface area (Å²) in [5, 5.41) is 12.0. The predicted octanol–water partition coefficient (Wildman–Crippen LogP) is 7.69. The third-order valence-corrected chi connectivity index (χ3v) is 7.76. The molecule has 1 unspecified atom stereocenters. The first-order valence-corrected chi connectivity index (χ1v) is 13.4. The Morgan fingerprint density at radius 3 is 2.09 bits per heavy atom. The summed E-state index contributed by atoms with van der Waals surface area (Å²) in [5.74, 6) is 2.11. The highest BCUT2D eigenvalue weighted by Crippen LogP contribution is 2.34. The van der Waals surface area contributed by atoms with E-state index in [0.717, 1.165) is 31.1 Å². The lowest BCUT2D eigenvalue weighted by atomic mass is 9.77. The van der Waals surface area contributed by atoms with Crippen LogP contribution in [0.1, 0.15) is 81.8 Å². The number of benzene rings is 2. The first-order chi connectivity index (χ1) is 16.2. The maximum absolute atomic E-state index is 12.3. The Morgan fingerprint density at radius 1 is 0.848 bits per heavy atom. The molecule has 0 aromatic heterocycles. The highest BCUT2D eigenvalue weighted by molar-refractivity contribution is 5.83. The maximum Gasteiger partial charge on any atom is 0.0894 e. The van der Waals surface area contributed by atoms with Crippen LogP contribution in [0.2, 0.25) is 0 Å². The molecule has 33 heavy (non-hydrogen) atoms. The van der Waals surface area contributed by atoms with Gasteiger partial charge in [-0.05, 0) is 72.3 Å². The number of alkyl halides is 1. The third-order valence-electron chi connectivity index (χ3n) is 7.76. The van der Waals surface area contributed by atoms with Crippen LogP contribution < -0.4 is 0 Å². The van der Waals surface area contributed by atoms with Crippen molar-refractivity contribution in [2.75, 3.05) is 27.0 Å². The highest BCUT2D eigenvalue weighted by Gasteiger charge is 2.21. The van der Waals surface area contributed by atoms with Crippen LogP contribution in [0.3, 0.4) is 0 Å². The van der Waals surface area contributed by atoms with E-state index in [2.05, 4.69) is 36.4 Å². The smallest absolute Gasteiger partial charge is 0.0894 e. The Kier molecular flexibility index (Phi) is 11.7. The van der Waals surface area contributed by atoms with Gasteiger partial charge in [0, 0.05) is 19.6 Å². The number of unbranched alkanes of at least 4 members (excludes halogenated alkanes) is 2. The van der Waals surface area contributed by atoms with Gasteiger partial charge in [0.25, 0.3) is 0 Å². The molecule has 1 fully saturated rings. The molecule has 184 valence electrons. The molecule has 3 heteroatoms. The van der Waals surface area contributed by atoms with Crippen molar-refractivity contribution in [2.45, 2.75) is 83.5 Å². The molecule has 1 N–H and O–H groups in total. The third kappa shape index (κ3) is 9.02. The number of ether oxygens (including phenoxy) is 1. The standard InChI is InChI=1S/C30H45FO2/c1-33-23-28(22-32)8-3-2-6-24-9-11-25(12-10-24)13-14-27-16-18-29-20-26(7-4-5-19-31)15-17-30(29)21-27/h15-18,20-21,24-25,28,32H,2-14,19,22-23H2,1H3. The Morgan fingerprint density at radius 2 is 1.48 bits per heavy atom. The van der Waals surface area contributed by atoms with Crippen LogP contribution in [-0.4, -0.2) is 32.1 Å². The monoisotopic (exact) mass is 456 g/mol. The fraction of sp³-hybridized carbons (Fsp3) is 0.667. The summed E-state index contributed by atoms with van der Waals surface area (Å²) in [5.41, 5.74) is 2.79. The van der Waals surface area contributed by atoms with Crippen molar-refractivity contribution in [3.8, 4) is 0 Å². The van der Waals surface area contributed by atoms with Crippen molar-refractivity contribution in [1.29, 1.82) is 0 Å². The molecule has 0 saturated heterocycles. The molecule has 0 bridgehead atoms. The van der Waals surface area contributed by atoms with E-state index in [0.29, 0.717) is 18.9 Å². The van der Waals surface area contributed by atoms with Crippen molar-refractivity contribution in [2.24, 2.45) is 17.8 Å². The van der Waals surface area contributed by atoms with Gasteiger partial charge in [-0.25, -0.2) is 0 Å². The average molecular weight is 457 g/mol. The zero-order valence-corrected chi connectivity index (χ0v) is 20.7. The molecule has 3 rings (SSSR count). The van der Waals surface area contributed by atoms with Gasteiger partial charge in [-0.2, -0.15) is 0 Å². The minimum Gasteiger partial charge on any atom is -0.396 e. The van der Waals surface area contributed by atoms with E-state index in [1.54, 1.807) is 7.11 Å². The number of hydrogen-bond donors (Lipinski definition) is 1. The summed E-state index contributed by atoms with van der Waals surface area (Å²) in [6.07, 6.45) is 15.6. The van der Waals surface area contributed by atoms with Gasteiger partial charge >= 0.3 is 0 Å². The number of halogens is 1. The van der Waals surface area contributed by atoms with Gasteiger partial charge in [-0.15, -0.1) is 0 Å². The molecular weight excluding hydrogens is 411 g/mol. The van der Waals surface area contributed by atoms with Gasteiger partial charge in [0.15, 0.2) is 0 Å². The molecule has 0 radical (unpaired) electrons. The normalized spacial score (nSPS) is 19.7. The largest absolute Gasteiger partial charge is 0.396 e. The summed E-state index contributed by atoms with van der Waals surface area (Å²) >= 11 is 0. The zero-order valence-electron chi connectivity index (χ0n) is 20.7. The number of methoxy groups -OCH3 is 1. The van der Waals surface area contributed by atoms with Crippen LogP contribution in [0.5, 0.6) is 0 Å². The summed E-state index contributed by atoms with van der Waals surface area (Å²) in [6, 6.07) is 13.7. The quantitative estimate of drug-likeness (QED) is 0.278. The van der Waals surface area contributed by atoms with Gasteiger partial charge in [0.2, 0.25) is 0 Å². The van der Waals surface area contributed by atoms with Gasteiger partial charge < -0.3 is 9.84 Å². The summed E-state index contributed by atoms with van der Waals surface area (Å²) in [6.45, 7) is 0.722. The molecule has 2 aromatic rings. The van der Waals surface area contributed by atoms with E-state index < -0.39 is 0 Å². The molecule has 1 aliphatic rings. The van der Waals surface area contributed by atoms with Crippen molar-refractivity contribution < 1.29 is 14.2 Å². The molecule has 2 aromatic carbocycles. The van der Waals surface area contributed by atoms with E-state index in [4.69, 9.17) is 4.74 Å². The van der Waals surface area contributed by atoms with E-state index >= 15 is 0 Å². The molecule has 2 nitrogen and oxygen atoms in total. The molecule has 0 aliphatic heterocycles. The highest BCUT2D eigenvalue weighted by atomic mass is 19.1. The number of aliphatic hydroxyl groups is 1. The fourth-order valence-electron chi connectivity index (χ4n) is 5.59. The molecule has 0 amide bonds. The van der Waals surface area contributed by atoms with Gasteiger partial charge in [0.1, 0.15) is 0 Å². The van der Waals surface area contributed by atoms with Crippen LogP contribution in [0.25, 0.3) is 10.8 Å². The van der Waals surface area contributed by atoms with Crippen LogP contribution in [0.15, 0.2) is 36.4 Å². The van der Waals surface area contributed by atoms with E-state index in [-0.39, 0.29) is 13.3 Å². The Balaban J connectivity index is 1.35.